The summed E-state index contributed by atoms with van der Waals surface area (Å²) >= 11 is 0. The number of ether oxygens (including phenoxy) is 1. The van der Waals surface area contributed by atoms with Crippen molar-refractivity contribution in [3.05, 3.63) is 24.5 Å². The van der Waals surface area contributed by atoms with Gasteiger partial charge in [0.25, 0.3) is 0 Å². The SMILES string of the molecule is O=C(CNc1ncnc2cc(OC(F)(F)F)ccc12)N1CCC1. The number of rotatable bonds is 4. The lowest BCUT2D eigenvalue weighted by Crippen LogP contribution is -2.44. The topological polar surface area (TPSA) is 67.3 Å². The lowest BCUT2D eigenvalue weighted by molar-refractivity contribution is -0.274. The van der Waals surface area contributed by atoms with Gasteiger partial charge in [0.15, 0.2) is 0 Å². The summed E-state index contributed by atoms with van der Waals surface area (Å²) in [6, 6.07) is 3.78. The van der Waals surface area contributed by atoms with E-state index >= 15 is 0 Å². The van der Waals surface area contributed by atoms with Crippen LogP contribution in [0.15, 0.2) is 24.5 Å². The molecule has 2 heterocycles. The second-order valence-electron chi connectivity index (χ2n) is 5.04. The molecule has 1 aliphatic heterocycles. The molecule has 1 aromatic heterocycles. The molecule has 3 rings (SSSR count). The number of hydrogen-bond acceptors (Lipinski definition) is 5. The van der Waals surface area contributed by atoms with Crippen LogP contribution in [0.4, 0.5) is 19.0 Å². The molecule has 0 spiro atoms. The third kappa shape index (κ3) is 3.61. The Bertz CT molecular complexity index is 732. The Labute approximate surface area is 129 Å². The molecule has 1 aromatic carbocycles. The molecule has 0 unspecified atom stereocenters. The Morgan fingerprint density at radius 3 is 2.74 bits per heavy atom. The molecule has 0 radical (unpaired) electrons. The number of halogens is 3. The standard InChI is InChI=1S/C14H13F3N4O2/c15-14(16,17)23-9-2-3-10-11(6-9)19-8-20-13(10)18-7-12(22)21-4-1-5-21/h2-3,6,8H,1,4-5,7H2,(H,18,19,20). The van der Waals surface area contributed by atoms with Crippen molar-refractivity contribution in [2.24, 2.45) is 0 Å². The van der Waals surface area contributed by atoms with E-state index in [1.54, 1.807) is 4.90 Å². The fourth-order valence-electron chi connectivity index (χ4n) is 2.21. The summed E-state index contributed by atoms with van der Waals surface area (Å²) in [6.07, 6.45) is -2.54. The summed E-state index contributed by atoms with van der Waals surface area (Å²) in [7, 11) is 0. The van der Waals surface area contributed by atoms with Crippen molar-refractivity contribution in [1.29, 1.82) is 0 Å². The van der Waals surface area contributed by atoms with Crippen LogP contribution in [0.1, 0.15) is 6.42 Å². The molecule has 0 bridgehead atoms. The Morgan fingerprint density at radius 1 is 1.30 bits per heavy atom. The molecule has 1 aliphatic rings. The van der Waals surface area contributed by atoms with E-state index in [2.05, 4.69) is 20.0 Å². The van der Waals surface area contributed by atoms with Crippen LogP contribution >= 0.6 is 0 Å². The molecule has 1 amide bonds. The minimum Gasteiger partial charge on any atom is -0.406 e. The van der Waals surface area contributed by atoms with E-state index in [4.69, 9.17) is 0 Å². The highest BCUT2D eigenvalue weighted by molar-refractivity contribution is 5.91. The van der Waals surface area contributed by atoms with E-state index in [9.17, 15) is 18.0 Å². The van der Waals surface area contributed by atoms with Crippen LogP contribution in [-0.4, -0.2) is 46.8 Å². The van der Waals surface area contributed by atoms with Gasteiger partial charge in [0, 0.05) is 24.5 Å². The number of alkyl halides is 3. The van der Waals surface area contributed by atoms with Crippen molar-refractivity contribution >= 4 is 22.6 Å². The predicted octanol–water partition coefficient (Wildman–Crippen LogP) is 2.17. The van der Waals surface area contributed by atoms with Gasteiger partial charge in [-0.25, -0.2) is 9.97 Å². The minimum absolute atomic E-state index is 0.0416. The zero-order chi connectivity index (χ0) is 16.4. The lowest BCUT2D eigenvalue weighted by Gasteiger charge is -2.31. The number of carbonyl (C=O) groups is 1. The van der Waals surface area contributed by atoms with Crippen molar-refractivity contribution in [1.82, 2.24) is 14.9 Å². The number of nitrogens with zero attached hydrogens (tertiary/aromatic N) is 3. The number of fused-ring (bicyclic) bond motifs is 1. The first-order valence-electron chi connectivity index (χ1n) is 6.94. The van der Waals surface area contributed by atoms with Gasteiger partial charge >= 0.3 is 6.36 Å². The normalized spacial score (nSPS) is 14.5. The summed E-state index contributed by atoms with van der Waals surface area (Å²) in [5, 5.41) is 3.41. The number of aromatic nitrogens is 2. The van der Waals surface area contributed by atoms with Gasteiger partial charge in [-0.1, -0.05) is 0 Å². The molecule has 1 fully saturated rings. The molecule has 0 aliphatic carbocycles. The largest absolute Gasteiger partial charge is 0.573 e. The van der Waals surface area contributed by atoms with Crippen molar-refractivity contribution in [2.75, 3.05) is 25.0 Å². The molecule has 9 heteroatoms. The van der Waals surface area contributed by atoms with E-state index in [-0.39, 0.29) is 18.2 Å². The number of hydrogen-bond donors (Lipinski definition) is 1. The van der Waals surface area contributed by atoms with Crippen molar-refractivity contribution in [3.63, 3.8) is 0 Å². The Morgan fingerprint density at radius 2 is 2.09 bits per heavy atom. The summed E-state index contributed by atoms with van der Waals surface area (Å²) in [5.74, 6) is -0.00576. The third-order valence-electron chi connectivity index (χ3n) is 3.46. The number of amides is 1. The summed E-state index contributed by atoms with van der Waals surface area (Å²) in [4.78, 5) is 21.5. The van der Waals surface area contributed by atoms with Gasteiger partial charge in [-0.15, -0.1) is 13.2 Å². The maximum absolute atomic E-state index is 12.2. The van der Waals surface area contributed by atoms with Gasteiger partial charge in [-0.2, -0.15) is 0 Å². The molecule has 23 heavy (non-hydrogen) atoms. The first-order chi connectivity index (χ1) is 10.9. The first-order valence-corrected chi connectivity index (χ1v) is 6.94. The highest BCUT2D eigenvalue weighted by atomic mass is 19.4. The monoisotopic (exact) mass is 326 g/mol. The van der Waals surface area contributed by atoms with Crippen LogP contribution in [0.5, 0.6) is 5.75 Å². The van der Waals surface area contributed by atoms with Gasteiger partial charge in [0.2, 0.25) is 5.91 Å². The quantitative estimate of drug-likeness (QED) is 0.933. The zero-order valence-electron chi connectivity index (χ0n) is 11.9. The van der Waals surface area contributed by atoms with Crippen LogP contribution < -0.4 is 10.1 Å². The maximum Gasteiger partial charge on any atom is 0.573 e. The number of carbonyl (C=O) groups excluding carboxylic acids is 1. The Kier molecular flexibility index (Phi) is 3.93. The highest BCUT2D eigenvalue weighted by Gasteiger charge is 2.31. The van der Waals surface area contributed by atoms with Gasteiger partial charge in [-0.3, -0.25) is 4.79 Å². The zero-order valence-corrected chi connectivity index (χ0v) is 11.9. The van der Waals surface area contributed by atoms with Gasteiger partial charge < -0.3 is 15.0 Å². The fourth-order valence-corrected chi connectivity index (χ4v) is 2.21. The summed E-state index contributed by atoms with van der Waals surface area (Å²) in [5.41, 5.74) is 0.292. The second-order valence-corrected chi connectivity index (χ2v) is 5.04. The number of nitrogens with one attached hydrogen (secondary N) is 1. The number of anilines is 1. The Balaban J connectivity index is 1.77. The molecular formula is C14H13F3N4O2. The summed E-state index contributed by atoms with van der Waals surface area (Å²) < 4.78 is 40.6. The van der Waals surface area contributed by atoms with E-state index < -0.39 is 6.36 Å². The first kappa shape index (κ1) is 15.3. The third-order valence-corrected chi connectivity index (χ3v) is 3.46. The molecule has 0 atom stereocenters. The van der Waals surface area contributed by atoms with Gasteiger partial charge in [0.05, 0.1) is 12.1 Å². The lowest BCUT2D eigenvalue weighted by atomic mass is 10.2. The average molecular weight is 326 g/mol. The van der Waals surface area contributed by atoms with Crippen LogP contribution in [0.3, 0.4) is 0 Å². The smallest absolute Gasteiger partial charge is 0.406 e. The van der Waals surface area contributed by atoms with Gasteiger partial charge in [-0.05, 0) is 18.6 Å². The molecule has 6 nitrogen and oxygen atoms in total. The van der Waals surface area contributed by atoms with Crippen molar-refractivity contribution < 1.29 is 22.7 Å². The fraction of sp³-hybridized carbons (Fsp3) is 0.357. The molecule has 1 N–H and O–H groups in total. The van der Waals surface area contributed by atoms with E-state index in [1.807, 2.05) is 0 Å². The highest BCUT2D eigenvalue weighted by Crippen LogP contribution is 2.27. The Hall–Kier alpha value is -2.58. The molecular weight excluding hydrogens is 313 g/mol. The van der Waals surface area contributed by atoms with Crippen molar-refractivity contribution in [3.8, 4) is 5.75 Å². The van der Waals surface area contributed by atoms with Crippen LogP contribution in [0.2, 0.25) is 0 Å². The molecule has 0 saturated carbocycles. The predicted molar refractivity (Wildman–Crippen MR) is 75.9 cm³/mol. The molecule has 1 saturated heterocycles. The second kappa shape index (κ2) is 5.90. The van der Waals surface area contributed by atoms with E-state index in [0.29, 0.717) is 16.7 Å². The minimum atomic E-state index is -4.76. The summed E-state index contributed by atoms with van der Waals surface area (Å²) in [6.45, 7) is 1.58. The van der Waals surface area contributed by atoms with Crippen LogP contribution in [-0.2, 0) is 4.79 Å². The number of benzene rings is 1. The molecule has 2 aromatic rings. The average Bonchev–Trinajstić information content (AvgIpc) is 2.41. The molecule has 122 valence electrons. The maximum atomic E-state index is 12.2. The van der Waals surface area contributed by atoms with E-state index in [1.165, 1.54) is 24.5 Å². The van der Waals surface area contributed by atoms with Crippen molar-refractivity contribution in [2.45, 2.75) is 12.8 Å². The number of likely N-dealkylation sites (tertiary alicyclic amines) is 1. The van der Waals surface area contributed by atoms with E-state index in [0.717, 1.165) is 19.5 Å². The van der Waals surface area contributed by atoms with Crippen LogP contribution in [0, 0.1) is 0 Å². The van der Waals surface area contributed by atoms with Crippen LogP contribution in [0.25, 0.3) is 10.9 Å². The van der Waals surface area contributed by atoms with Gasteiger partial charge in [0.1, 0.15) is 17.9 Å².